The first-order valence-corrected chi connectivity index (χ1v) is 10.2. The molecule has 2 aliphatic heterocycles. The van der Waals surface area contributed by atoms with E-state index in [4.69, 9.17) is 4.74 Å². The van der Waals surface area contributed by atoms with Crippen LogP contribution >= 0.6 is 23.1 Å². The van der Waals surface area contributed by atoms with Crippen LogP contribution in [0.25, 0.3) is 0 Å². The Morgan fingerprint density at radius 3 is 2.92 bits per heavy atom. The average Bonchev–Trinajstić information content (AvgIpc) is 3.10. The van der Waals surface area contributed by atoms with E-state index in [0.29, 0.717) is 0 Å². The molecule has 2 aliphatic rings. The molecule has 6 nitrogen and oxygen atoms in total. The number of thioether (sulfide) groups is 1. The van der Waals surface area contributed by atoms with Gasteiger partial charge in [0.1, 0.15) is 0 Å². The quantitative estimate of drug-likeness (QED) is 0.609. The highest BCUT2D eigenvalue weighted by Crippen LogP contribution is 2.26. The Morgan fingerprint density at radius 2 is 2.08 bits per heavy atom. The number of fused-ring (bicyclic) bond motifs is 1. The van der Waals surface area contributed by atoms with E-state index >= 15 is 0 Å². The highest BCUT2D eigenvalue weighted by atomic mass is 32.2. The van der Waals surface area contributed by atoms with Crippen molar-refractivity contribution in [1.29, 1.82) is 0 Å². The zero-order valence-corrected chi connectivity index (χ0v) is 15.4. The van der Waals surface area contributed by atoms with Gasteiger partial charge in [-0.1, -0.05) is 11.8 Å². The molecule has 0 aromatic carbocycles. The standard InChI is InChI=1S/C16H21N5OS2/c1-23-15-17-8-12-10-20(3-2-14(12)19-15)11-13-9-18-16(24-13)21-4-6-22-7-5-21/h8-9H,2-7,10-11H2,1H3. The van der Waals surface area contributed by atoms with Gasteiger partial charge < -0.3 is 9.64 Å². The van der Waals surface area contributed by atoms with Crippen molar-refractivity contribution in [1.82, 2.24) is 19.9 Å². The number of rotatable bonds is 4. The maximum absolute atomic E-state index is 5.41. The molecule has 0 bridgehead atoms. The average molecular weight is 364 g/mol. The monoisotopic (exact) mass is 363 g/mol. The lowest BCUT2D eigenvalue weighted by Gasteiger charge is -2.27. The molecule has 0 saturated carbocycles. The third kappa shape index (κ3) is 3.56. The van der Waals surface area contributed by atoms with Crippen LogP contribution in [0.2, 0.25) is 0 Å². The summed E-state index contributed by atoms with van der Waals surface area (Å²) >= 11 is 3.41. The number of hydrogen-bond donors (Lipinski definition) is 0. The van der Waals surface area contributed by atoms with Gasteiger partial charge in [-0.25, -0.2) is 15.0 Å². The largest absolute Gasteiger partial charge is 0.378 e. The van der Waals surface area contributed by atoms with Crippen molar-refractivity contribution in [3.8, 4) is 0 Å². The summed E-state index contributed by atoms with van der Waals surface area (Å²) < 4.78 is 5.41. The van der Waals surface area contributed by atoms with Gasteiger partial charge in [-0.05, 0) is 6.26 Å². The first-order valence-electron chi connectivity index (χ1n) is 8.20. The predicted octanol–water partition coefficient (Wildman–Crippen LogP) is 2.05. The second-order valence-corrected chi connectivity index (χ2v) is 7.86. The number of anilines is 1. The van der Waals surface area contributed by atoms with Crippen LogP contribution in [-0.4, -0.2) is 59.0 Å². The van der Waals surface area contributed by atoms with Gasteiger partial charge in [0.05, 0.1) is 18.9 Å². The van der Waals surface area contributed by atoms with E-state index in [-0.39, 0.29) is 0 Å². The normalized spacial score (nSPS) is 18.6. The molecule has 0 aliphatic carbocycles. The van der Waals surface area contributed by atoms with E-state index in [1.807, 2.05) is 18.6 Å². The molecule has 0 unspecified atom stereocenters. The first-order chi connectivity index (χ1) is 11.8. The van der Waals surface area contributed by atoms with Crippen molar-refractivity contribution in [2.45, 2.75) is 24.7 Å². The minimum Gasteiger partial charge on any atom is -0.378 e. The van der Waals surface area contributed by atoms with Gasteiger partial charge in [-0.3, -0.25) is 4.90 Å². The molecular formula is C16H21N5OS2. The first kappa shape index (κ1) is 16.3. The van der Waals surface area contributed by atoms with Gasteiger partial charge >= 0.3 is 0 Å². The van der Waals surface area contributed by atoms with E-state index in [1.165, 1.54) is 16.1 Å². The highest BCUT2D eigenvalue weighted by molar-refractivity contribution is 7.98. The summed E-state index contributed by atoms with van der Waals surface area (Å²) in [6.45, 7) is 6.41. The summed E-state index contributed by atoms with van der Waals surface area (Å²) in [5.41, 5.74) is 2.47. The third-order valence-electron chi connectivity index (χ3n) is 4.38. The van der Waals surface area contributed by atoms with Crippen LogP contribution in [-0.2, 0) is 24.2 Å². The van der Waals surface area contributed by atoms with Gasteiger partial charge in [-0.2, -0.15) is 0 Å². The van der Waals surface area contributed by atoms with Crippen molar-refractivity contribution in [3.63, 3.8) is 0 Å². The number of hydrogen-bond acceptors (Lipinski definition) is 8. The summed E-state index contributed by atoms with van der Waals surface area (Å²) in [6.07, 6.45) is 7.04. The van der Waals surface area contributed by atoms with E-state index in [1.54, 1.807) is 23.1 Å². The fourth-order valence-corrected chi connectivity index (χ4v) is 4.44. The Bertz CT molecular complexity index is 702. The smallest absolute Gasteiger partial charge is 0.187 e. The van der Waals surface area contributed by atoms with Crippen molar-refractivity contribution < 1.29 is 4.74 Å². The molecule has 24 heavy (non-hydrogen) atoms. The minimum atomic E-state index is 0.801. The molecule has 0 radical (unpaired) electrons. The lowest BCUT2D eigenvalue weighted by atomic mass is 10.1. The number of ether oxygens (including phenoxy) is 1. The number of aromatic nitrogens is 3. The molecule has 0 N–H and O–H groups in total. The molecule has 4 rings (SSSR count). The maximum atomic E-state index is 5.41. The zero-order valence-electron chi connectivity index (χ0n) is 13.8. The highest BCUT2D eigenvalue weighted by Gasteiger charge is 2.20. The second-order valence-electron chi connectivity index (χ2n) is 6.00. The molecule has 1 fully saturated rings. The maximum Gasteiger partial charge on any atom is 0.187 e. The topological polar surface area (TPSA) is 54.4 Å². The fraction of sp³-hybridized carbons (Fsp3) is 0.562. The van der Waals surface area contributed by atoms with Gasteiger partial charge in [-0.15, -0.1) is 11.3 Å². The van der Waals surface area contributed by atoms with Crippen molar-refractivity contribution >= 4 is 28.2 Å². The Labute approximate surface area is 150 Å². The van der Waals surface area contributed by atoms with E-state index in [2.05, 4.69) is 24.8 Å². The lowest BCUT2D eigenvalue weighted by Crippen LogP contribution is -2.36. The van der Waals surface area contributed by atoms with Crippen LogP contribution in [0.5, 0.6) is 0 Å². The Morgan fingerprint density at radius 1 is 1.21 bits per heavy atom. The number of thiazole rings is 1. The lowest BCUT2D eigenvalue weighted by molar-refractivity contribution is 0.122. The van der Waals surface area contributed by atoms with Crippen LogP contribution in [0.3, 0.4) is 0 Å². The van der Waals surface area contributed by atoms with Crippen LogP contribution in [0.1, 0.15) is 16.1 Å². The van der Waals surface area contributed by atoms with Crippen LogP contribution in [0.4, 0.5) is 5.13 Å². The van der Waals surface area contributed by atoms with Gasteiger partial charge in [0, 0.05) is 62.0 Å². The molecule has 2 aromatic rings. The Kier molecular flexibility index (Phi) is 4.98. The molecule has 8 heteroatoms. The summed E-state index contributed by atoms with van der Waals surface area (Å²) in [5, 5.41) is 2.00. The molecule has 1 saturated heterocycles. The Hall–Kier alpha value is -1.22. The molecule has 0 atom stereocenters. The summed E-state index contributed by atoms with van der Waals surface area (Å²) in [4.78, 5) is 19.8. The van der Waals surface area contributed by atoms with Crippen LogP contribution in [0.15, 0.2) is 17.6 Å². The SMILES string of the molecule is CSc1ncc2c(n1)CCN(Cc1cnc(N3CCOCC3)s1)C2. The fourth-order valence-electron chi connectivity index (χ4n) is 3.08. The van der Waals surface area contributed by atoms with Crippen molar-refractivity contribution in [2.24, 2.45) is 0 Å². The summed E-state index contributed by atoms with van der Waals surface area (Å²) in [6, 6.07) is 0. The third-order valence-corrected chi connectivity index (χ3v) is 5.98. The number of morpholine rings is 1. The van der Waals surface area contributed by atoms with Crippen LogP contribution < -0.4 is 4.90 Å². The van der Waals surface area contributed by atoms with Gasteiger partial charge in [0.15, 0.2) is 10.3 Å². The molecule has 2 aromatic heterocycles. The second kappa shape index (κ2) is 7.35. The molecule has 0 amide bonds. The molecule has 0 spiro atoms. The molecule has 128 valence electrons. The number of nitrogens with zero attached hydrogens (tertiary/aromatic N) is 5. The zero-order chi connectivity index (χ0) is 16.4. The van der Waals surface area contributed by atoms with E-state index in [9.17, 15) is 0 Å². The molecule has 4 heterocycles. The van der Waals surface area contributed by atoms with Crippen molar-refractivity contribution in [3.05, 3.63) is 28.5 Å². The van der Waals surface area contributed by atoms with Gasteiger partial charge in [0.25, 0.3) is 0 Å². The van der Waals surface area contributed by atoms with E-state index < -0.39 is 0 Å². The molecular weight excluding hydrogens is 342 g/mol. The van der Waals surface area contributed by atoms with Crippen molar-refractivity contribution in [2.75, 3.05) is 44.0 Å². The van der Waals surface area contributed by atoms with Gasteiger partial charge in [0.2, 0.25) is 0 Å². The van der Waals surface area contributed by atoms with E-state index in [0.717, 1.165) is 62.6 Å². The minimum absolute atomic E-state index is 0.801. The predicted molar refractivity (Wildman–Crippen MR) is 96.8 cm³/mol. The summed E-state index contributed by atoms with van der Waals surface area (Å²) in [5.74, 6) is 0. The van der Waals surface area contributed by atoms with Crippen LogP contribution in [0, 0.1) is 0 Å². The summed E-state index contributed by atoms with van der Waals surface area (Å²) in [7, 11) is 0. The Balaban J connectivity index is 1.40.